The Labute approximate surface area is 545 Å². The maximum atomic E-state index is 12.3. The summed E-state index contributed by atoms with van der Waals surface area (Å²) < 4.78 is 15.4. The number of nitrogens with one attached hydrogen (secondary N) is 3. The van der Waals surface area contributed by atoms with Crippen LogP contribution in [0, 0.1) is 20.8 Å². The number of fused-ring (bicyclic) bond motifs is 3. The van der Waals surface area contributed by atoms with E-state index in [0.29, 0.717) is 58.2 Å². The summed E-state index contributed by atoms with van der Waals surface area (Å²) in [6, 6.07) is 1.56. The summed E-state index contributed by atoms with van der Waals surface area (Å²) in [4.78, 5) is 95.4. The van der Waals surface area contributed by atoms with E-state index in [1.165, 1.54) is 38.2 Å². The van der Waals surface area contributed by atoms with Gasteiger partial charge in [-0.25, -0.2) is 89.5 Å². The van der Waals surface area contributed by atoms with Crippen LogP contribution in [0.5, 0.6) is 0 Å². The van der Waals surface area contributed by atoms with E-state index in [2.05, 4.69) is 114 Å². The molecular weight excluding hydrogens is 1220 g/mol. The molecule has 11 heterocycles. The second-order valence-electron chi connectivity index (χ2n) is 22.9. The molecule has 3 fully saturated rings. The van der Waals surface area contributed by atoms with Crippen molar-refractivity contribution in [2.24, 2.45) is 17.2 Å². The third kappa shape index (κ3) is 16.6. The summed E-state index contributed by atoms with van der Waals surface area (Å²) in [6.07, 6.45) is 32.6. The highest BCUT2D eigenvalue weighted by atomic mass is 35.5. The summed E-state index contributed by atoms with van der Waals surface area (Å²) in [7, 11) is 0. The Hall–Kier alpha value is -9.98. The van der Waals surface area contributed by atoms with Gasteiger partial charge in [0.25, 0.3) is 5.91 Å². The predicted octanol–water partition coefficient (Wildman–Crippen LogP) is 7.90. The minimum absolute atomic E-state index is 0.0474. The van der Waals surface area contributed by atoms with E-state index in [1.54, 1.807) is 49.8 Å². The summed E-state index contributed by atoms with van der Waals surface area (Å²) in [5.41, 5.74) is 24.6. The van der Waals surface area contributed by atoms with Crippen LogP contribution in [0.1, 0.15) is 136 Å². The number of carbonyl (C=O) groups is 2. The van der Waals surface area contributed by atoms with Crippen LogP contribution in [-0.4, -0.2) is 152 Å². The number of hydrogen-bond acceptors (Lipinski definition) is 26. The molecule has 3 aliphatic rings. The molecule has 0 saturated heterocycles. The van der Waals surface area contributed by atoms with Gasteiger partial charge in [0, 0.05) is 93.1 Å². The second-order valence-corrected chi connectivity index (χ2v) is 23.3. The van der Waals surface area contributed by atoms with Gasteiger partial charge >= 0.3 is 5.97 Å². The zero-order valence-corrected chi connectivity index (χ0v) is 54.0. The fraction of sp³-hybridized carbons (Fsp3) is 0.435. The molecule has 14 rings (SSSR count). The molecule has 10 N–H and O–H groups in total. The fourth-order valence-corrected chi connectivity index (χ4v) is 11.6. The Morgan fingerprint density at radius 3 is 1.28 bits per heavy atom. The van der Waals surface area contributed by atoms with E-state index in [9.17, 15) is 9.59 Å². The number of carboxylic acids is 1. The largest absolute Gasteiger partial charge is 0.476 e. The lowest BCUT2D eigenvalue weighted by molar-refractivity contribution is 0.0690. The summed E-state index contributed by atoms with van der Waals surface area (Å²) in [6.45, 7) is 13.9. The molecule has 0 spiro atoms. The minimum Gasteiger partial charge on any atom is -0.476 e. The first-order chi connectivity index (χ1) is 45.6. The van der Waals surface area contributed by atoms with Gasteiger partial charge in [-0.1, -0.05) is 18.0 Å². The molecule has 6 unspecified atom stereocenters. The van der Waals surface area contributed by atoms with Crippen LogP contribution in [0.4, 0.5) is 11.6 Å². The molecule has 11 aromatic heterocycles. The SMILES string of the molecule is CCn1c(-c2cnc(C)nc2)nc2c(Cl)ncnc21.CCn1c(-c2cnc(C)nc2)nc2c(NC3CCCC(N)C3)ncnc21.CCn1c(-c2cnc(C)nc2)nc2c(NC3CCCC(NC(=O)c4cocn4)C3)ncnc21.NC1CCCC(N)C1.O=C(O)c1cocn1. The number of hydrogen-bond donors (Lipinski definition) is 7. The van der Waals surface area contributed by atoms with Gasteiger partial charge in [0.2, 0.25) is 0 Å². The van der Waals surface area contributed by atoms with Crippen molar-refractivity contribution in [2.45, 2.75) is 174 Å². The first-order valence-electron chi connectivity index (χ1n) is 31.3. The lowest BCUT2D eigenvalue weighted by atomic mass is 9.91. The van der Waals surface area contributed by atoms with Crippen molar-refractivity contribution in [3.63, 3.8) is 0 Å². The van der Waals surface area contributed by atoms with Crippen molar-refractivity contribution in [1.29, 1.82) is 0 Å². The number of aryl methyl sites for hydroxylation is 6. The van der Waals surface area contributed by atoms with Gasteiger partial charge in [-0.05, 0) is 112 Å². The number of anilines is 2. The Morgan fingerprint density at radius 2 is 0.883 bits per heavy atom. The number of nitrogens with two attached hydrogens (primary N) is 3. The van der Waals surface area contributed by atoms with Gasteiger partial charge in [0.1, 0.15) is 72.0 Å². The maximum absolute atomic E-state index is 12.3. The highest BCUT2D eigenvalue weighted by molar-refractivity contribution is 6.33. The quantitative estimate of drug-likeness (QED) is 0.0539. The molecule has 0 aromatic carbocycles. The highest BCUT2D eigenvalue weighted by Gasteiger charge is 2.28. The number of rotatable bonds is 13. The lowest BCUT2D eigenvalue weighted by Crippen LogP contribution is -2.42. The van der Waals surface area contributed by atoms with Crippen molar-refractivity contribution in [3.8, 4) is 34.2 Å². The first kappa shape index (κ1) is 66.9. The average molecular weight is 1300 g/mol. The second kappa shape index (κ2) is 31.6. The van der Waals surface area contributed by atoms with Crippen LogP contribution in [0.3, 0.4) is 0 Å². The van der Waals surface area contributed by atoms with E-state index in [0.717, 1.165) is 158 Å². The highest BCUT2D eigenvalue weighted by Crippen LogP contribution is 2.32. The molecule has 0 radical (unpaired) electrons. The monoisotopic (exact) mass is 1300 g/mol. The third-order valence-corrected chi connectivity index (χ3v) is 16.4. The Bertz CT molecular complexity index is 4230. The van der Waals surface area contributed by atoms with Crippen LogP contribution in [0.25, 0.3) is 67.7 Å². The van der Waals surface area contributed by atoms with Crippen molar-refractivity contribution >= 4 is 68.6 Å². The van der Waals surface area contributed by atoms with E-state index < -0.39 is 5.97 Å². The molecule has 3 saturated carbocycles. The first-order valence-corrected chi connectivity index (χ1v) is 31.7. The van der Waals surface area contributed by atoms with Crippen molar-refractivity contribution < 1.29 is 23.5 Å². The molecule has 0 bridgehead atoms. The van der Waals surface area contributed by atoms with Crippen molar-refractivity contribution in [3.05, 3.63) is 115 Å². The van der Waals surface area contributed by atoms with Gasteiger partial charge in [-0.3, -0.25) is 4.79 Å². The number of carbonyl (C=O) groups excluding carboxylic acids is 1. The number of aromatic nitrogens is 20. The Kier molecular flexibility index (Phi) is 22.5. The third-order valence-electron chi connectivity index (χ3n) is 16.1. The minimum atomic E-state index is -1.07. The number of aromatic carboxylic acids is 1. The molecular formula is C62H77ClN26O5. The Balaban J connectivity index is 0.000000140. The van der Waals surface area contributed by atoms with E-state index in [1.807, 2.05) is 36.8 Å². The molecule has 94 heavy (non-hydrogen) atoms. The molecule has 32 heteroatoms. The molecule has 1 amide bonds. The van der Waals surface area contributed by atoms with Crippen LogP contribution in [-0.2, 0) is 19.6 Å². The molecule has 3 aliphatic carbocycles. The summed E-state index contributed by atoms with van der Waals surface area (Å²) in [5, 5.41) is 18.6. The predicted molar refractivity (Wildman–Crippen MR) is 351 cm³/mol. The standard InChI is InChI=1S/C22H25N9O2.C18H24N8.C12H11ClN6.C6H14N2.C4H3NO3/c1-3-31-20(14-8-23-13(2)24-9-14)30-18-19(25-11-26-21(18)31)28-15-5-4-6-16(7-15)29-22(32)17-10-33-12-27-17;1-3-26-17(12-8-20-11(2)21-9-12)25-15-16(22-10-23-18(15)26)24-14-6-4-5-13(19)7-14;1-3-19-11(8-4-14-7(2)15-5-8)18-9-10(13)16-6-17-12(9)19;7-5-2-1-3-6(8)4-5;6-4(7)3-1-8-2-5-3/h8-12,15-16H,3-7H2,1-2H3,(H,29,32)(H,25,26,28);8-10,13-14H,3-7,19H2,1-2H3,(H,22,23,24);4-6H,3H2,1-2H3;5-6H,1-4,7-8H2;1-2H,(H,6,7). The van der Waals surface area contributed by atoms with Crippen LogP contribution >= 0.6 is 11.6 Å². The molecule has 0 aliphatic heterocycles. The topological polar surface area (TPSA) is 429 Å². The summed E-state index contributed by atoms with van der Waals surface area (Å²) >= 11 is 6.05. The van der Waals surface area contributed by atoms with Crippen molar-refractivity contribution in [2.75, 3.05) is 10.6 Å². The molecule has 6 atom stereocenters. The fourth-order valence-electron chi connectivity index (χ4n) is 11.4. The zero-order chi connectivity index (χ0) is 66.3. The lowest BCUT2D eigenvalue weighted by Gasteiger charge is -2.30. The van der Waals surface area contributed by atoms with E-state index in [-0.39, 0.29) is 29.7 Å². The summed E-state index contributed by atoms with van der Waals surface area (Å²) in [5.74, 6) is 4.67. The molecule has 11 aromatic rings. The zero-order valence-electron chi connectivity index (χ0n) is 53.2. The number of carboxylic acid groups (broad SMARTS) is 1. The molecule has 492 valence electrons. The van der Waals surface area contributed by atoms with Gasteiger partial charge < -0.3 is 60.8 Å². The van der Waals surface area contributed by atoms with Gasteiger partial charge in [0.05, 0.1) is 16.7 Å². The van der Waals surface area contributed by atoms with Crippen LogP contribution in [0.2, 0.25) is 5.15 Å². The Morgan fingerprint density at radius 1 is 0.500 bits per heavy atom. The van der Waals surface area contributed by atoms with E-state index in [4.69, 9.17) is 48.3 Å². The van der Waals surface area contributed by atoms with Gasteiger partial charge in [-0.15, -0.1) is 0 Å². The van der Waals surface area contributed by atoms with Crippen molar-refractivity contribution in [1.82, 2.24) is 104 Å². The maximum Gasteiger partial charge on any atom is 0.357 e. The van der Waals surface area contributed by atoms with Crippen LogP contribution < -0.4 is 33.2 Å². The number of halogens is 1. The van der Waals surface area contributed by atoms with E-state index >= 15 is 0 Å². The number of imidazole rings is 3. The number of amides is 1. The molecule has 31 nitrogen and oxygen atoms in total. The smallest absolute Gasteiger partial charge is 0.357 e. The van der Waals surface area contributed by atoms with Gasteiger partial charge in [-0.2, -0.15) is 0 Å². The number of oxazole rings is 2. The van der Waals surface area contributed by atoms with Crippen LogP contribution in [0.15, 0.2) is 90.3 Å². The normalized spacial score (nSPS) is 18.5. The number of nitrogens with zero attached hydrogens (tertiary/aromatic N) is 20. The average Bonchev–Trinajstić information content (AvgIpc) is 1.65. The van der Waals surface area contributed by atoms with Gasteiger partial charge in [0.15, 0.2) is 68.9 Å².